The van der Waals surface area contributed by atoms with Gasteiger partial charge >= 0.3 is 0 Å². The summed E-state index contributed by atoms with van der Waals surface area (Å²) in [6.45, 7) is 0. The van der Waals surface area contributed by atoms with E-state index in [1.54, 1.807) is 0 Å². The molecule has 0 fully saturated rings. The molecule has 8 bridgehead atoms. The Balaban J connectivity index is 1.18. The van der Waals surface area contributed by atoms with E-state index in [9.17, 15) is 0 Å². The van der Waals surface area contributed by atoms with Crippen molar-refractivity contribution in [1.29, 1.82) is 0 Å². The van der Waals surface area contributed by atoms with E-state index in [1.165, 1.54) is 86.2 Å². The summed E-state index contributed by atoms with van der Waals surface area (Å²) < 4.78 is 8.53. The molecule has 92 heavy (non-hydrogen) atoms. The molecule has 21 aromatic rings. The van der Waals surface area contributed by atoms with Crippen LogP contribution in [0.2, 0.25) is 0 Å². The summed E-state index contributed by atoms with van der Waals surface area (Å²) >= 11 is 0. The summed E-state index contributed by atoms with van der Waals surface area (Å²) in [7, 11) is 8.41. The van der Waals surface area contributed by atoms with E-state index in [1.807, 2.05) is 0 Å². The van der Waals surface area contributed by atoms with Crippen molar-refractivity contribution in [1.82, 2.24) is 19.9 Å². The van der Waals surface area contributed by atoms with E-state index in [4.69, 9.17) is 9.97 Å². The van der Waals surface area contributed by atoms with Crippen LogP contribution in [0, 0.1) is 0 Å². The molecule has 13 aromatic carbocycles. The van der Waals surface area contributed by atoms with Gasteiger partial charge < -0.3 is 9.97 Å². The van der Waals surface area contributed by atoms with Gasteiger partial charge in [-0.1, -0.05) is 146 Å². The minimum absolute atomic E-state index is 0.917. The number of pyridine rings is 4. The maximum atomic E-state index is 6.45. The zero-order chi connectivity index (χ0) is 60.5. The minimum atomic E-state index is 0.917. The molecule has 21 rings (SSSR count). The van der Waals surface area contributed by atoms with Gasteiger partial charge in [-0.25, -0.2) is 28.2 Å². The highest BCUT2D eigenvalue weighted by Gasteiger charge is 2.31. The van der Waals surface area contributed by atoms with Gasteiger partial charge in [0.2, 0.25) is 0 Å². The second kappa shape index (κ2) is 17.9. The number of H-pyrrole nitrogens is 2. The molecule has 0 amide bonds. The van der Waals surface area contributed by atoms with E-state index in [0.717, 1.165) is 132 Å². The lowest BCUT2D eigenvalue weighted by molar-refractivity contribution is -0.671. The van der Waals surface area contributed by atoms with Crippen LogP contribution in [0.25, 0.3) is 218 Å². The maximum Gasteiger partial charge on any atom is 0.169 e. The zero-order valence-corrected chi connectivity index (χ0v) is 50.8. The molecular formula is C84H54N8+4. The van der Waals surface area contributed by atoms with Crippen LogP contribution >= 0.6 is 0 Å². The van der Waals surface area contributed by atoms with Gasteiger partial charge in [-0.2, -0.15) is 0 Å². The SMILES string of the molecule is C[n+]1ccc(-c2c3nc(c(-c4cc[n+](C)cc4)c4[nH]c(c(-c5cc[n+](C)cc5)c5nc(c(-c6cc[n+](C)cc6)c6[nH]c2c2c7cccc8cccc(c87)c62)c2c6cccc7cccc(c76)c52)c2c5cccc6cccc(c65)c42)c2c4cccc5cccc(c54)c32)cc1. The molecule has 8 aromatic heterocycles. The van der Waals surface area contributed by atoms with Crippen LogP contribution in [0.4, 0.5) is 0 Å². The summed E-state index contributed by atoms with van der Waals surface area (Å²) in [6, 6.07) is 73.1. The fourth-order valence-electron chi connectivity index (χ4n) is 16.8. The summed E-state index contributed by atoms with van der Waals surface area (Å²) in [5.41, 5.74) is 16.0. The van der Waals surface area contributed by atoms with Crippen LogP contribution < -0.4 is 18.3 Å². The average molecular weight is 1180 g/mol. The van der Waals surface area contributed by atoms with Crippen molar-refractivity contribution in [3.05, 3.63) is 244 Å². The number of hydrogen-bond donors (Lipinski definition) is 2. The molecule has 0 saturated carbocycles. The van der Waals surface area contributed by atoms with E-state index >= 15 is 0 Å². The molecule has 0 aliphatic heterocycles. The Morgan fingerprint density at radius 1 is 0.217 bits per heavy atom. The van der Waals surface area contributed by atoms with Gasteiger partial charge in [-0.3, -0.25) is 0 Å². The van der Waals surface area contributed by atoms with Gasteiger partial charge in [-0.15, -0.1) is 0 Å². The van der Waals surface area contributed by atoms with Crippen molar-refractivity contribution in [2.24, 2.45) is 28.2 Å². The van der Waals surface area contributed by atoms with E-state index < -0.39 is 0 Å². The van der Waals surface area contributed by atoms with Crippen molar-refractivity contribution >= 4 is 173 Å². The Hall–Kier alpha value is -12.0. The van der Waals surface area contributed by atoms with Gasteiger partial charge in [0.25, 0.3) is 0 Å². The van der Waals surface area contributed by atoms with Gasteiger partial charge in [0.15, 0.2) is 49.6 Å². The maximum absolute atomic E-state index is 6.45. The topological polar surface area (TPSA) is 72.9 Å². The molecule has 0 saturated heterocycles. The van der Waals surface area contributed by atoms with Crippen molar-refractivity contribution < 1.29 is 18.3 Å². The van der Waals surface area contributed by atoms with Crippen LogP contribution in [-0.4, -0.2) is 19.9 Å². The number of nitrogens with one attached hydrogen (secondary N) is 2. The molecule has 0 spiro atoms. The lowest BCUT2D eigenvalue weighted by Gasteiger charge is -2.07. The van der Waals surface area contributed by atoms with Crippen LogP contribution in [-0.2, 0) is 28.2 Å². The number of aromatic amines is 2. The second-order valence-corrected chi connectivity index (χ2v) is 25.7. The molecule has 0 aliphatic carbocycles. The number of aromatic nitrogens is 8. The van der Waals surface area contributed by atoms with E-state index in [-0.39, 0.29) is 0 Å². The summed E-state index contributed by atoms with van der Waals surface area (Å²) in [5, 5.41) is 28.3. The van der Waals surface area contributed by atoms with Gasteiger partial charge in [0.1, 0.15) is 28.2 Å². The smallest absolute Gasteiger partial charge is 0.169 e. The lowest BCUT2D eigenvalue weighted by Crippen LogP contribution is -2.25. The monoisotopic (exact) mass is 1170 g/mol. The third-order valence-electron chi connectivity index (χ3n) is 20.7. The standard InChI is InChI=1S/C84H53N8/c1-89-37-29-49(30-38-89)65-77-69-53-21-5-13-45-15-7-23-55(61(45)53)71(69)79(85-77)66(50-31-39-90(2)40-32-50)81-73-57-25-9-17-47-19-11-27-59(63(47)57)75(73)83(87-81)68(52-35-43-92(4)44-36-52)84-76-60-28-12-20-48-18-10-26-58(64(48)60)74(76)82(88-84)67(51-33-41-91(3)42-34-51)80-72-56-24-8-16-46-14-6-22-54(62(46)56)70(72)78(65)86-80/h5-44H,1-4H3,(H,85,86,87,88)/q+3/p+1. The quantitative estimate of drug-likeness (QED) is 0.172. The molecule has 8 heterocycles. The minimum Gasteiger partial charge on any atom is -0.353 e. The fourth-order valence-corrected chi connectivity index (χ4v) is 16.8. The number of nitrogens with zero attached hydrogens (tertiary/aromatic N) is 6. The first-order valence-corrected chi connectivity index (χ1v) is 31.7. The highest BCUT2D eigenvalue weighted by Crippen LogP contribution is 2.55. The predicted octanol–water partition coefficient (Wildman–Crippen LogP) is 18.4. The Kier molecular flexibility index (Phi) is 9.70. The summed E-state index contributed by atoms with van der Waals surface area (Å²) in [4.78, 5) is 21.9. The molecule has 8 heteroatoms. The molecule has 0 aliphatic rings. The number of rotatable bonds is 4. The Labute approximate surface area is 525 Å². The van der Waals surface area contributed by atoms with Crippen molar-refractivity contribution in [2.45, 2.75) is 0 Å². The van der Waals surface area contributed by atoms with Crippen LogP contribution in [0.1, 0.15) is 0 Å². The molecule has 0 atom stereocenters. The number of hydrogen-bond acceptors (Lipinski definition) is 2. The first-order chi connectivity index (χ1) is 45.3. The highest BCUT2D eigenvalue weighted by molar-refractivity contribution is 6.47. The normalized spacial score (nSPS) is 12.6. The Morgan fingerprint density at radius 2 is 0.402 bits per heavy atom. The second-order valence-electron chi connectivity index (χ2n) is 25.7. The largest absolute Gasteiger partial charge is 0.353 e. The van der Waals surface area contributed by atoms with Gasteiger partial charge in [0.05, 0.1) is 44.1 Å². The first kappa shape index (κ1) is 49.9. The molecule has 0 unspecified atom stereocenters. The van der Waals surface area contributed by atoms with Crippen molar-refractivity contribution in [3.8, 4) is 44.5 Å². The molecule has 8 nitrogen and oxygen atoms in total. The molecule has 0 radical (unpaired) electrons. The lowest BCUT2D eigenvalue weighted by atomic mass is 10.0. The van der Waals surface area contributed by atoms with E-state index in [2.05, 4.69) is 300 Å². The summed E-state index contributed by atoms with van der Waals surface area (Å²) in [5.74, 6) is 0. The third-order valence-corrected chi connectivity index (χ3v) is 20.7. The van der Waals surface area contributed by atoms with Crippen LogP contribution in [0.15, 0.2) is 244 Å². The van der Waals surface area contributed by atoms with Gasteiger partial charge in [0, 0.05) is 114 Å². The Bertz CT molecular complexity index is 5740. The summed E-state index contributed by atoms with van der Waals surface area (Å²) in [6.07, 6.45) is 17.5. The highest BCUT2D eigenvalue weighted by atomic mass is 14.9. The van der Waals surface area contributed by atoms with Crippen molar-refractivity contribution in [3.63, 3.8) is 0 Å². The fraction of sp³-hybridized carbons (Fsp3) is 0.0476. The zero-order valence-electron chi connectivity index (χ0n) is 50.8. The van der Waals surface area contributed by atoms with Gasteiger partial charge in [-0.05, 0) is 108 Å². The molecule has 2 N–H and O–H groups in total. The number of aryl methyl sites for hydroxylation is 4. The van der Waals surface area contributed by atoms with Crippen LogP contribution in [0.3, 0.4) is 0 Å². The van der Waals surface area contributed by atoms with Crippen LogP contribution in [0.5, 0.6) is 0 Å². The molecule has 426 valence electrons. The molecular weight excluding hydrogens is 1120 g/mol. The first-order valence-electron chi connectivity index (χ1n) is 31.7. The number of benzene rings is 8. The van der Waals surface area contributed by atoms with E-state index in [0.29, 0.717) is 0 Å². The van der Waals surface area contributed by atoms with Crippen molar-refractivity contribution in [2.75, 3.05) is 0 Å². The predicted molar refractivity (Wildman–Crippen MR) is 380 cm³/mol. The third kappa shape index (κ3) is 6.44. The Morgan fingerprint density at radius 3 is 0.598 bits per heavy atom. The average Bonchev–Trinajstić information content (AvgIpc) is 1.53.